The van der Waals surface area contributed by atoms with E-state index >= 15 is 0 Å². The maximum Gasteiger partial charge on any atom is 0.335 e. The highest BCUT2D eigenvalue weighted by molar-refractivity contribution is 6.03. The topological polar surface area (TPSA) is 95.1 Å². The van der Waals surface area contributed by atoms with Crippen LogP contribution >= 0.6 is 0 Å². The summed E-state index contributed by atoms with van der Waals surface area (Å²) >= 11 is 0. The number of H-pyrrole nitrogens is 1. The lowest BCUT2D eigenvalue weighted by Crippen LogP contribution is -2.12. The maximum atomic E-state index is 11.8. The molecular formula is C12H11N3O3. The number of aromatic amines is 1. The summed E-state index contributed by atoms with van der Waals surface area (Å²) in [6.45, 7) is 1.74. The zero-order chi connectivity index (χ0) is 13.1. The Labute approximate surface area is 103 Å². The number of carbonyl (C=O) groups excluding carboxylic acids is 1. The van der Waals surface area contributed by atoms with Crippen molar-refractivity contribution in [3.8, 4) is 0 Å². The van der Waals surface area contributed by atoms with Gasteiger partial charge in [-0.25, -0.2) is 9.78 Å². The second kappa shape index (κ2) is 4.70. The third-order valence-corrected chi connectivity index (χ3v) is 2.31. The number of carboxylic acids is 1. The molecule has 2 rings (SSSR count). The number of nitrogens with one attached hydrogen (secondary N) is 2. The first-order chi connectivity index (χ1) is 8.56. The Hall–Kier alpha value is -2.63. The first-order valence-electron chi connectivity index (χ1n) is 5.22. The number of aromatic nitrogens is 2. The molecular weight excluding hydrogens is 234 g/mol. The summed E-state index contributed by atoms with van der Waals surface area (Å²) in [7, 11) is 0. The Morgan fingerprint density at radius 2 is 2.17 bits per heavy atom. The van der Waals surface area contributed by atoms with Gasteiger partial charge in [0.1, 0.15) is 11.5 Å². The van der Waals surface area contributed by atoms with Crippen molar-refractivity contribution < 1.29 is 14.7 Å². The maximum absolute atomic E-state index is 11.8. The van der Waals surface area contributed by atoms with Gasteiger partial charge in [-0.1, -0.05) is 6.07 Å². The molecule has 1 aromatic heterocycles. The Bertz CT molecular complexity index is 604. The van der Waals surface area contributed by atoms with Crippen LogP contribution in [0.5, 0.6) is 0 Å². The van der Waals surface area contributed by atoms with Crippen LogP contribution in [0.2, 0.25) is 0 Å². The number of carbonyl (C=O) groups is 2. The number of hydrogen-bond acceptors (Lipinski definition) is 3. The Kier molecular flexibility index (Phi) is 3.09. The number of imidazole rings is 1. The molecule has 1 aromatic carbocycles. The van der Waals surface area contributed by atoms with Crippen molar-refractivity contribution in [1.29, 1.82) is 0 Å². The van der Waals surface area contributed by atoms with Crippen LogP contribution in [0.3, 0.4) is 0 Å². The van der Waals surface area contributed by atoms with E-state index in [0.29, 0.717) is 17.2 Å². The van der Waals surface area contributed by atoms with Crippen molar-refractivity contribution in [3.05, 3.63) is 47.5 Å². The predicted molar refractivity (Wildman–Crippen MR) is 64.7 cm³/mol. The van der Waals surface area contributed by atoms with E-state index in [1.807, 2.05) is 0 Å². The molecule has 0 aliphatic rings. The third-order valence-electron chi connectivity index (χ3n) is 2.31. The van der Waals surface area contributed by atoms with Gasteiger partial charge in [0.15, 0.2) is 0 Å². The number of anilines is 1. The Balaban J connectivity index is 2.16. The van der Waals surface area contributed by atoms with Gasteiger partial charge in [-0.2, -0.15) is 0 Å². The van der Waals surface area contributed by atoms with Crippen LogP contribution in [0.4, 0.5) is 5.69 Å². The summed E-state index contributed by atoms with van der Waals surface area (Å²) in [6.07, 6.45) is 1.42. The lowest BCUT2D eigenvalue weighted by Gasteiger charge is -2.04. The van der Waals surface area contributed by atoms with Gasteiger partial charge in [-0.3, -0.25) is 4.79 Å². The third kappa shape index (κ3) is 2.54. The minimum Gasteiger partial charge on any atom is -0.478 e. The molecule has 2 aromatic rings. The van der Waals surface area contributed by atoms with E-state index in [2.05, 4.69) is 15.3 Å². The van der Waals surface area contributed by atoms with Gasteiger partial charge in [0, 0.05) is 5.69 Å². The number of hydrogen-bond donors (Lipinski definition) is 3. The predicted octanol–water partition coefficient (Wildman–Crippen LogP) is 1.67. The molecule has 0 fully saturated rings. The molecule has 0 bridgehead atoms. The Morgan fingerprint density at radius 3 is 2.78 bits per heavy atom. The van der Waals surface area contributed by atoms with E-state index in [9.17, 15) is 9.59 Å². The van der Waals surface area contributed by atoms with E-state index in [-0.39, 0.29) is 11.5 Å². The SMILES string of the molecule is Cc1ncc(C(=O)Nc2cccc(C(=O)O)c2)[nH]1. The molecule has 0 aliphatic heterocycles. The van der Waals surface area contributed by atoms with Crippen LogP contribution in [0.1, 0.15) is 26.7 Å². The molecule has 0 unspecified atom stereocenters. The second-order valence-electron chi connectivity index (χ2n) is 3.72. The zero-order valence-corrected chi connectivity index (χ0v) is 9.60. The molecule has 6 nitrogen and oxygen atoms in total. The van der Waals surface area contributed by atoms with Crippen LogP contribution in [0, 0.1) is 6.92 Å². The van der Waals surface area contributed by atoms with Gasteiger partial charge in [0.2, 0.25) is 0 Å². The van der Waals surface area contributed by atoms with Gasteiger partial charge >= 0.3 is 5.97 Å². The minimum atomic E-state index is -1.04. The quantitative estimate of drug-likeness (QED) is 0.766. The van der Waals surface area contributed by atoms with Gasteiger partial charge in [-0.05, 0) is 25.1 Å². The molecule has 3 N–H and O–H groups in total. The molecule has 0 radical (unpaired) electrons. The largest absolute Gasteiger partial charge is 0.478 e. The number of carboxylic acid groups (broad SMARTS) is 1. The number of nitrogens with zero attached hydrogens (tertiary/aromatic N) is 1. The van der Waals surface area contributed by atoms with Gasteiger partial charge in [-0.15, -0.1) is 0 Å². The summed E-state index contributed by atoms with van der Waals surface area (Å²) in [5.74, 6) is -0.763. The van der Waals surface area contributed by atoms with Crippen LogP contribution in [0.25, 0.3) is 0 Å². The highest BCUT2D eigenvalue weighted by Gasteiger charge is 2.09. The molecule has 92 valence electrons. The Morgan fingerprint density at radius 1 is 1.39 bits per heavy atom. The molecule has 0 saturated heterocycles. The average molecular weight is 245 g/mol. The molecule has 6 heteroatoms. The van der Waals surface area contributed by atoms with Gasteiger partial charge in [0.05, 0.1) is 11.8 Å². The molecule has 0 saturated carbocycles. The van der Waals surface area contributed by atoms with Crippen molar-refractivity contribution in [2.45, 2.75) is 6.92 Å². The van der Waals surface area contributed by atoms with Crippen LogP contribution in [0.15, 0.2) is 30.5 Å². The lowest BCUT2D eigenvalue weighted by atomic mass is 10.2. The van der Waals surface area contributed by atoms with Crippen molar-refractivity contribution in [2.24, 2.45) is 0 Å². The van der Waals surface area contributed by atoms with E-state index in [1.54, 1.807) is 19.1 Å². The number of rotatable bonds is 3. The van der Waals surface area contributed by atoms with Crippen LogP contribution < -0.4 is 5.32 Å². The van der Waals surface area contributed by atoms with E-state index in [4.69, 9.17) is 5.11 Å². The standard InChI is InChI=1S/C12H11N3O3/c1-7-13-6-10(14-7)11(16)15-9-4-2-3-8(5-9)12(17)18/h2-6H,1H3,(H,13,14)(H,15,16)(H,17,18). The fourth-order valence-electron chi connectivity index (χ4n) is 1.46. The summed E-state index contributed by atoms with van der Waals surface area (Å²) in [4.78, 5) is 29.3. The van der Waals surface area contributed by atoms with Crippen LogP contribution in [-0.4, -0.2) is 27.0 Å². The number of benzene rings is 1. The average Bonchev–Trinajstić information content (AvgIpc) is 2.76. The van der Waals surface area contributed by atoms with Gasteiger partial charge in [0.25, 0.3) is 5.91 Å². The van der Waals surface area contributed by atoms with E-state index < -0.39 is 5.97 Å². The van der Waals surface area contributed by atoms with Crippen molar-refractivity contribution in [3.63, 3.8) is 0 Å². The van der Waals surface area contributed by atoms with Gasteiger partial charge < -0.3 is 15.4 Å². The normalized spacial score (nSPS) is 10.1. The molecule has 18 heavy (non-hydrogen) atoms. The first kappa shape index (κ1) is 11.8. The molecule has 0 spiro atoms. The molecule has 0 aliphatic carbocycles. The number of aromatic carboxylic acids is 1. The number of amides is 1. The highest BCUT2D eigenvalue weighted by atomic mass is 16.4. The minimum absolute atomic E-state index is 0.119. The molecule has 1 heterocycles. The van der Waals surface area contributed by atoms with Crippen molar-refractivity contribution >= 4 is 17.6 Å². The molecule has 0 atom stereocenters. The van der Waals surface area contributed by atoms with E-state index in [0.717, 1.165) is 0 Å². The fourth-order valence-corrected chi connectivity index (χ4v) is 1.46. The first-order valence-corrected chi connectivity index (χ1v) is 5.22. The summed E-state index contributed by atoms with van der Waals surface area (Å²) in [6, 6.07) is 6.03. The van der Waals surface area contributed by atoms with Crippen molar-refractivity contribution in [2.75, 3.05) is 5.32 Å². The van der Waals surface area contributed by atoms with Crippen molar-refractivity contribution in [1.82, 2.24) is 9.97 Å². The monoisotopic (exact) mass is 245 g/mol. The summed E-state index contributed by atoms with van der Waals surface area (Å²) < 4.78 is 0. The fraction of sp³-hybridized carbons (Fsp3) is 0.0833. The summed E-state index contributed by atoms with van der Waals surface area (Å²) in [5, 5.41) is 11.4. The lowest BCUT2D eigenvalue weighted by molar-refractivity contribution is 0.0696. The smallest absolute Gasteiger partial charge is 0.335 e. The van der Waals surface area contributed by atoms with E-state index in [1.165, 1.54) is 18.3 Å². The molecule has 1 amide bonds. The zero-order valence-electron chi connectivity index (χ0n) is 9.60. The second-order valence-corrected chi connectivity index (χ2v) is 3.72. The highest BCUT2D eigenvalue weighted by Crippen LogP contribution is 2.11. The summed E-state index contributed by atoms with van der Waals surface area (Å²) in [5.41, 5.74) is 0.869. The number of aryl methyl sites for hydroxylation is 1. The van der Waals surface area contributed by atoms with Crippen LogP contribution in [-0.2, 0) is 0 Å².